The Labute approximate surface area is 254 Å². The molecule has 3 amide bonds. The molecule has 44 heavy (non-hydrogen) atoms. The molecule has 228 valence electrons. The molecule has 0 aliphatic carbocycles. The second-order valence-corrected chi connectivity index (χ2v) is 10.8. The van der Waals surface area contributed by atoms with Gasteiger partial charge in [-0.05, 0) is 79.4 Å². The first kappa shape index (κ1) is 30.7. The fourth-order valence-electron chi connectivity index (χ4n) is 4.45. The lowest BCUT2D eigenvalue weighted by atomic mass is 10.0. The fourth-order valence-corrected chi connectivity index (χ4v) is 5.31. The Morgan fingerprint density at radius 1 is 1.11 bits per heavy atom. The fraction of sp³-hybridized carbons (Fsp3) is 0.233. The van der Waals surface area contributed by atoms with Gasteiger partial charge in [0, 0.05) is 5.56 Å². The summed E-state index contributed by atoms with van der Waals surface area (Å²) in [5, 5.41) is 6.89. The number of rotatable bonds is 8. The highest BCUT2D eigenvalue weighted by atomic mass is 32.2. The summed E-state index contributed by atoms with van der Waals surface area (Å²) in [6.07, 6.45) is -0.781. The van der Waals surface area contributed by atoms with Gasteiger partial charge in [0.1, 0.15) is 17.9 Å². The molecule has 1 aliphatic rings. The molecule has 0 radical (unpaired) electrons. The Hall–Kier alpha value is -4.72. The molecule has 14 heteroatoms. The van der Waals surface area contributed by atoms with Crippen molar-refractivity contribution >= 4 is 40.2 Å². The quantitative estimate of drug-likeness (QED) is 0.206. The molecule has 1 fully saturated rings. The maximum Gasteiger partial charge on any atom is 0.573 e. The lowest BCUT2D eigenvalue weighted by Gasteiger charge is -2.20. The summed E-state index contributed by atoms with van der Waals surface area (Å²) < 4.78 is 57.4. The van der Waals surface area contributed by atoms with Crippen molar-refractivity contribution in [3.63, 3.8) is 0 Å². The highest BCUT2D eigenvalue weighted by Gasteiger charge is 2.32. The number of hydrogen-bond donors (Lipinski definition) is 1. The van der Waals surface area contributed by atoms with Gasteiger partial charge in [0.15, 0.2) is 11.0 Å². The maximum atomic E-state index is 15.0. The number of amides is 3. The van der Waals surface area contributed by atoms with E-state index >= 15 is 4.39 Å². The zero-order valence-electron chi connectivity index (χ0n) is 23.6. The number of alkyl halides is 3. The topological polar surface area (TPSA) is 102 Å². The van der Waals surface area contributed by atoms with Crippen molar-refractivity contribution in [2.75, 3.05) is 16.0 Å². The van der Waals surface area contributed by atoms with Gasteiger partial charge in [-0.1, -0.05) is 37.2 Å². The Kier molecular flexibility index (Phi) is 8.99. The predicted molar refractivity (Wildman–Crippen MR) is 160 cm³/mol. The van der Waals surface area contributed by atoms with Crippen LogP contribution in [0.5, 0.6) is 5.75 Å². The molecule has 2 heterocycles. The van der Waals surface area contributed by atoms with Crippen LogP contribution < -0.4 is 15.0 Å². The number of thioether (sulfide) groups is 1. The number of nitrogens with one attached hydrogen (secondary N) is 1. The van der Waals surface area contributed by atoms with E-state index in [1.165, 1.54) is 40.2 Å². The van der Waals surface area contributed by atoms with Gasteiger partial charge in [0.05, 0.1) is 22.8 Å². The van der Waals surface area contributed by atoms with Crippen molar-refractivity contribution < 1.29 is 31.9 Å². The van der Waals surface area contributed by atoms with Crippen LogP contribution in [-0.4, -0.2) is 44.0 Å². The van der Waals surface area contributed by atoms with Crippen LogP contribution in [0.3, 0.4) is 0 Å². The average Bonchev–Trinajstić information content (AvgIpc) is 3.60. The molecule has 1 aromatic heterocycles. The molecular weight excluding hydrogens is 600 g/mol. The van der Waals surface area contributed by atoms with E-state index in [9.17, 15) is 22.8 Å². The first-order chi connectivity index (χ1) is 21.0. The highest BCUT2D eigenvalue weighted by molar-refractivity contribution is 8.15. The number of benzene rings is 3. The normalized spacial score (nSPS) is 14.4. The van der Waals surface area contributed by atoms with Crippen LogP contribution in [0.2, 0.25) is 0 Å². The van der Waals surface area contributed by atoms with E-state index in [1.54, 1.807) is 0 Å². The van der Waals surface area contributed by atoms with Crippen molar-refractivity contribution in [3.05, 3.63) is 83.9 Å². The van der Waals surface area contributed by atoms with Crippen LogP contribution in [-0.2, 0) is 11.2 Å². The minimum Gasteiger partial charge on any atom is -0.406 e. The summed E-state index contributed by atoms with van der Waals surface area (Å²) in [4.78, 5) is 35.3. The molecule has 0 unspecified atom stereocenters. The number of unbranched alkanes of at least 4 members (excludes halogenated alkanes) is 1. The van der Waals surface area contributed by atoms with E-state index in [2.05, 4.69) is 32.1 Å². The third-order valence-corrected chi connectivity index (χ3v) is 7.46. The molecule has 1 N–H and O–H groups in total. The van der Waals surface area contributed by atoms with Gasteiger partial charge >= 0.3 is 12.4 Å². The molecule has 0 bridgehead atoms. The van der Waals surface area contributed by atoms with Crippen LogP contribution in [0.25, 0.3) is 17.1 Å². The van der Waals surface area contributed by atoms with Crippen molar-refractivity contribution in [2.45, 2.75) is 39.5 Å². The van der Waals surface area contributed by atoms with Crippen molar-refractivity contribution in [3.8, 4) is 22.8 Å². The zero-order chi connectivity index (χ0) is 31.4. The third-order valence-electron chi connectivity index (χ3n) is 6.54. The summed E-state index contributed by atoms with van der Waals surface area (Å²) >= 11 is 1.13. The van der Waals surface area contributed by atoms with Gasteiger partial charge in [0.25, 0.3) is 0 Å². The van der Waals surface area contributed by atoms with Crippen molar-refractivity contribution in [2.24, 2.45) is 4.99 Å². The smallest absolute Gasteiger partial charge is 0.406 e. The van der Waals surface area contributed by atoms with E-state index in [-0.39, 0.29) is 34.1 Å². The van der Waals surface area contributed by atoms with E-state index in [4.69, 9.17) is 0 Å². The summed E-state index contributed by atoms with van der Waals surface area (Å²) in [7, 11) is 0. The Morgan fingerprint density at radius 3 is 2.59 bits per heavy atom. The minimum atomic E-state index is -4.81. The summed E-state index contributed by atoms with van der Waals surface area (Å²) in [5.41, 5.74) is 3.19. The lowest BCUT2D eigenvalue weighted by Crippen LogP contribution is -2.31. The number of nitrogens with zero attached hydrogens (tertiary/aromatic N) is 5. The van der Waals surface area contributed by atoms with E-state index < -0.39 is 18.2 Å². The second-order valence-electron chi connectivity index (χ2n) is 9.83. The first-order valence-corrected chi connectivity index (χ1v) is 14.5. The van der Waals surface area contributed by atoms with Crippen LogP contribution in [0.1, 0.15) is 30.9 Å². The Bertz CT molecular complexity index is 1720. The Balaban J connectivity index is 1.30. The molecule has 1 saturated heterocycles. The van der Waals surface area contributed by atoms with Crippen LogP contribution in [0.4, 0.5) is 33.7 Å². The monoisotopic (exact) mass is 626 g/mol. The van der Waals surface area contributed by atoms with Gasteiger partial charge in [-0.3, -0.25) is 9.69 Å². The number of aromatic nitrogens is 3. The van der Waals surface area contributed by atoms with Crippen LogP contribution >= 0.6 is 11.8 Å². The number of aryl methyl sites for hydroxylation is 2. The summed E-state index contributed by atoms with van der Waals surface area (Å²) in [5.74, 6) is -1.08. The van der Waals surface area contributed by atoms with Gasteiger partial charge < -0.3 is 10.1 Å². The standard InChI is InChI=1S/C30H26F4N6O3S/c1-3-4-5-19-7-6-18(2)14-25(19)40-26(41)16-44-29(40)37-28(42)36-24-13-8-20(15-23(24)31)27-35-17-39(38-27)21-9-11-22(12-10-21)43-30(32,33)34/h6-15,17H,3-5,16H2,1-2H3,(H,36,42). The summed E-state index contributed by atoms with van der Waals surface area (Å²) in [6, 6.07) is 14.0. The summed E-state index contributed by atoms with van der Waals surface area (Å²) in [6.45, 7) is 4.00. The average molecular weight is 627 g/mol. The zero-order valence-corrected chi connectivity index (χ0v) is 24.4. The van der Waals surface area contributed by atoms with Crippen LogP contribution in [0.15, 0.2) is 72.0 Å². The number of carbonyl (C=O) groups excluding carboxylic acids is 2. The minimum absolute atomic E-state index is 0.126. The predicted octanol–water partition coefficient (Wildman–Crippen LogP) is 7.29. The molecule has 0 spiro atoms. The number of aliphatic imine (C=N–C) groups is 1. The number of hydrogen-bond acceptors (Lipinski definition) is 6. The number of carbonyl (C=O) groups is 2. The number of ether oxygens (including phenoxy) is 1. The van der Waals surface area contributed by atoms with Gasteiger partial charge in [-0.2, -0.15) is 4.99 Å². The van der Waals surface area contributed by atoms with Crippen molar-refractivity contribution in [1.29, 1.82) is 0 Å². The van der Waals surface area contributed by atoms with Crippen molar-refractivity contribution in [1.82, 2.24) is 14.8 Å². The SMILES string of the molecule is CCCCc1ccc(C)cc1N1C(=O)CSC1=NC(=O)Nc1ccc(-c2ncn(-c3ccc(OC(F)(F)F)cc3)n2)cc1F. The number of amidine groups is 1. The largest absolute Gasteiger partial charge is 0.573 e. The van der Waals surface area contributed by atoms with Gasteiger partial charge in [-0.15, -0.1) is 18.3 Å². The third kappa shape index (κ3) is 7.25. The molecule has 9 nitrogen and oxygen atoms in total. The van der Waals surface area contributed by atoms with E-state index in [0.717, 1.165) is 60.4 Å². The molecule has 0 saturated carbocycles. The highest BCUT2D eigenvalue weighted by Crippen LogP contribution is 2.32. The number of anilines is 2. The first-order valence-electron chi connectivity index (χ1n) is 13.5. The van der Waals surface area contributed by atoms with Gasteiger partial charge in [-0.25, -0.2) is 18.9 Å². The van der Waals surface area contributed by atoms with Crippen LogP contribution in [0, 0.1) is 12.7 Å². The molecule has 0 atom stereocenters. The molecule has 3 aromatic carbocycles. The van der Waals surface area contributed by atoms with E-state index in [1.807, 2.05) is 25.1 Å². The Morgan fingerprint density at radius 2 is 1.89 bits per heavy atom. The molecular formula is C30H26F4N6O3S. The van der Waals surface area contributed by atoms with E-state index in [0.29, 0.717) is 16.9 Å². The number of urea groups is 1. The second kappa shape index (κ2) is 12.9. The molecule has 1 aliphatic heterocycles. The number of halogens is 4. The molecule has 5 rings (SSSR count). The maximum absolute atomic E-state index is 15.0. The molecule has 4 aromatic rings. The lowest BCUT2D eigenvalue weighted by molar-refractivity contribution is -0.274. The van der Waals surface area contributed by atoms with Gasteiger partial charge in [0.2, 0.25) is 5.91 Å².